The zero-order chi connectivity index (χ0) is 14.7. The monoisotopic (exact) mass is 346 g/mol. The fourth-order valence-electron chi connectivity index (χ4n) is 2.12. The van der Waals surface area contributed by atoms with Crippen molar-refractivity contribution < 1.29 is 4.74 Å². The molecule has 0 aromatic carbocycles. The van der Waals surface area contributed by atoms with E-state index in [0.29, 0.717) is 6.54 Å². The second-order valence-corrected chi connectivity index (χ2v) is 5.51. The highest BCUT2D eigenvalue weighted by atomic mass is 79.9. The third kappa shape index (κ3) is 3.22. The largest absolute Gasteiger partial charge is 0.495 e. The first-order valence-electron chi connectivity index (χ1n) is 6.57. The first-order chi connectivity index (χ1) is 10.3. The van der Waals surface area contributed by atoms with Gasteiger partial charge in [-0.15, -0.1) is 0 Å². The highest BCUT2D eigenvalue weighted by Gasteiger charge is 2.04. The van der Waals surface area contributed by atoms with Gasteiger partial charge in [-0.3, -0.25) is 4.98 Å². The summed E-state index contributed by atoms with van der Waals surface area (Å²) < 4.78 is 8.16. The quantitative estimate of drug-likeness (QED) is 0.771. The number of imidazole rings is 1. The van der Waals surface area contributed by atoms with Crippen molar-refractivity contribution in [2.75, 3.05) is 7.11 Å². The van der Waals surface area contributed by atoms with Gasteiger partial charge in [0.1, 0.15) is 5.75 Å². The smallest absolute Gasteiger partial charge is 0.151 e. The Morgan fingerprint density at radius 2 is 2.24 bits per heavy atom. The van der Waals surface area contributed by atoms with E-state index in [1.165, 1.54) is 0 Å². The molecule has 0 unspecified atom stereocenters. The minimum Gasteiger partial charge on any atom is -0.495 e. The van der Waals surface area contributed by atoms with Gasteiger partial charge < -0.3 is 14.5 Å². The lowest BCUT2D eigenvalue weighted by Crippen LogP contribution is -2.13. The maximum absolute atomic E-state index is 5.16. The number of nitrogens with one attached hydrogen (secondary N) is 1. The summed E-state index contributed by atoms with van der Waals surface area (Å²) in [7, 11) is 1.64. The van der Waals surface area contributed by atoms with Crippen LogP contribution in [-0.2, 0) is 13.1 Å². The van der Waals surface area contributed by atoms with Crippen LogP contribution in [0.5, 0.6) is 5.75 Å². The van der Waals surface area contributed by atoms with Crippen molar-refractivity contribution in [3.63, 3.8) is 0 Å². The molecule has 6 heteroatoms. The fourth-order valence-corrected chi connectivity index (χ4v) is 2.57. The predicted octanol–water partition coefficient (Wildman–Crippen LogP) is 2.79. The molecule has 3 rings (SSSR count). The Labute approximate surface area is 131 Å². The molecule has 3 aromatic rings. The van der Waals surface area contributed by atoms with E-state index in [-0.39, 0.29) is 0 Å². The van der Waals surface area contributed by atoms with Crippen LogP contribution in [-0.4, -0.2) is 21.5 Å². The Morgan fingerprint density at radius 3 is 3.05 bits per heavy atom. The lowest BCUT2D eigenvalue weighted by atomic mass is 10.2. The third-order valence-corrected chi connectivity index (χ3v) is 3.74. The molecule has 3 aromatic heterocycles. The van der Waals surface area contributed by atoms with Crippen molar-refractivity contribution in [3.05, 3.63) is 58.7 Å². The summed E-state index contributed by atoms with van der Waals surface area (Å²) in [6.45, 7) is 1.42. The van der Waals surface area contributed by atoms with Crippen LogP contribution in [0.1, 0.15) is 11.3 Å². The van der Waals surface area contributed by atoms with Crippen LogP contribution in [0.15, 0.2) is 47.5 Å². The molecular weight excluding hydrogens is 332 g/mol. The molecule has 0 aliphatic rings. The molecule has 0 saturated heterocycles. The van der Waals surface area contributed by atoms with Gasteiger partial charge in [0.25, 0.3) is 0 Å². The molecule has 0 radical (unpaired) electrons. The van der Waals surface area contributed by atoms with E-state index in [4.69, 9.17) is 4.74 Å². The Balaban J connectivity index is 1.65. The molecule has 0 aliphatic carbocycles. The summed E-state index contributed by atoms with van der Waals surface area (Å²) in [5.41, 5.74) is 3.01. The van der Waals surface area contributed by atoms with E-state index in [1.54, 1.807) is 13.3 Å². The molecule has 0 fully saturated rings. The van der Waals surface area contributed by atoms with Gasteiger partial charge in [-0.2, -0.15) is 0 Å². The molecule has 0 bridgehead atoms. The van der Waals surface area contributed by atoms with Crippen molar-refractivity contribution in [1.82, 2.24) is 19.7 Å². The number of ether oxygens (including phenoxy) is 1. The predicted molar refractivity (Wildman–Crippen MR) is 84.2 cm³/mol. The topological polar surface area (TPSA) is 51.5 Å². The summed E-state index contributed by atoms with van der Waals surface area (Å²) >= 11 is 3.51. The molecule has 0 amide bonds. The Hall–Kier alpha value is -1.92. The van der Waals surface area contributed by atoms with Gasteiger partial charge in [0.2, 0.25) is 0 Å². The number of hydrogen-bond donors (Lipinski definition) is 1. The number of rotatable bonds is 5. The number of fused-ring (bicyclic) bond motifs is 1. The van der Waals surface area contributed by atoms with E-state index < -0.39 is 0 Å². The Kier molecular flexibility index (Phi) is 4.17. The summed E-state index contributed by atoms with van der Waals surface area (Å²) in [6.07, 6.45) is 7.54. The second-order valence-electron chi connectivity index (χ2n) is 4.66. The van der Waals surface area contributed by atoms with Gasteiger partial charge in [-0.05, 0) is 39.7 Å². The molecule has 3 heterocycles. The molecule has 0 spiro atoms. The molecule has 0 saturated carbocycles. The number of hydrogen-bond acceptors (Lipinski definition) is 4. The lowest BCUT2D eigenvalue weighted by Gasteiger charge is -2.04. The second kappa shape index (κ2) is 6.24. The summed E-state index contributed by atoms with van der Waals surface area (Å²) in [5, 5.41) is 3.36. The minimum absolute atomic E-state index is 0.700. The third-order valence-electron chi connectivity index (χ3n) is 3.13. The number of nitrogens with zero attached hydrogens (tertiary/aromatic N) is 3. The SMILES string of the molecule is COc1cncc(CNCc2cn3cccc(Br)c3n2)c1. The van der Waals surface area contributed by atoms with E-state index in [0.717, 1.165) is 33.7 Å². The van der Waals surface area contributed by atoms with Crippen LogP contribution >= 0.6 is 15.9 Å². The standard InChI is InChI=1S/C15H15BrN4O/c1-21-13-5-11(7-18-9-13)6-17-8-12-10-20-4-2-3-14(16)15(20)19-12/h2-5,7,9-10,17H,6,8H2,1H3. The number of methoxy groups -OCH3 is 1. The highest BCUT2D eigenvalue weighted by Crippen LogP contribution is 2.17. The normalized spacial score (nSPS) is 11.0. The summed E-state index contributed by atoms with van der Waals surface area (Å²) in [6, 6.07) is 5.94. The van der Waals surface area contributed by atoms with E-state index in [9.17, 15) is 0 Å². The molecule has 108 valence electrons. The first kappa shape index (κ1) is 14.0. The van der Waals surface area contributed by atoms with Crippen LogP contribution in [0, 0.1) is 0 Å². The average molecular weight is 347 g/mol. The Morgan fingerprint density at radius 1 is 1.33 bits per heavy atom. The summed E-state index contributed by atoms with van der Waals surface area (Å²) in [4.78, 5) is 8.73. The van der Waals surface area contributed by atoms with Crippen molar-refractivity contribution in [2.24, 2.45) is 0 Å². The molecule has 0 aliphatic heterocycles. The zero-order valence-corrected chi connectivity index (χ0v) is 13.2. The van der Waals surface area contributed by atoms with Gasteiger partial charge in [-0.1, -0.05) is 0 Å². The van der Waals surface area contributed by atoms with Crippen LogP contribution in [0.4, 0.5) is 0 Å². The van der Waals surface area contributed by atoms with Crippen LogP contribution < -0.4 is 10.1 Å². The molecule has 21 heavy (non-hydrogen) atoms. The van der Waals surface area contributed by atoms with Gasteiger partial charge in [-0.25, -0.2) is 4.98 Å². The van der Waals surface area contributed by atoms with Crippen LogP contribution in [0.2, 0.25) is 0 Å². The maximum Gasteiger partial charge on any atom is 0.151 e. The zero-order valence-electron chi connectivity index (χ0n) is 11.6. The van der Waals surface area contributed by atoms with Crippen molar-refractivity contribution in [3.8, 4) is 5.75 Å². The van der Waals surface area contributed by atoms with Gasteiger partial charge in [0.05, 0.1) is 23.5 Å². The molecule has 5 nitrogen and oxygen atoms in total. The van der Waals surface area contributed by atoms with Crippen LogP contribution in [0.25, 0.3) is 5.65 Å². The maximum atomic E-state index is 5.16. The molecule has 0 atom stereocenters. The molecule has 1 N–H and O–H groups in total. The van der Waals surface area contributed by atoms with E-state index in [2.05, 4.69) is 31.2 Å². The number of halogens is 1. The lowest BCUT2D eigenvalue weighted by molar-refractivity contribution is 0.412. The van der Waals surface area contributed by atoms with E-state index >= 15 is 0 Å². The van der Waals surface area contributed by atoms with E-state index in [1.807, 2.05) is 41.2 Å². The fraction of sp³-hybridized carbons (Fsp3) is 0.200. The van der Waals surface area contributed by atoms with Crippen molar-refractivity contribution in [2.45, 2.75) is 13.1 Å². The highest BCUT2D eigenvalue weighted by molar-refractivity contribution is 9.10. The minimum atomic E-state index is 0.700. The van der Waals surface area contributed by atoms with Gasteiger partial charge >= 0.3 is 0 Å². The Bertz CT molecular complexity index is 756. The number of pyridine rings is 2. The summed E-state index contributed by atoms with van der Waals surface area (Å²) in [5.74, 6) is 0.769. The van der Waals surface area contributed by atoms with Gasteiger partial charge in [0, 0.05) is 31.7 Å². The number of aromatic nitrogens is 3. The van der Waals surface area contributed by atoms with Crippen molar-refractivity contribution in [1.29, 1.82) is 0 Å². The van der Waals surface area contributed by atoms with Crippen molar-refractivity contribution >= 4 is 21.6 Å². The first-order valence-corrected chi connectivity index (χ1v) is 7.36. The average Bonchev–Trinajstić information content (AvgIpc) is 2.92. The van der Waals surface area contributed by atoms with Gasteiger partial charge in [0.15, 0.2) is 5.65 Å². The molecular formula is C15H15BrN4O. The van der Waals surface area contributed by atoms with Crippen LogP contribution in [0.3, 0.4) is 0 Å².